The number of carboxylic acid groups (broad SMARTS) is 1. The molecule has 0 radical (unpaired) electrons. The molecule has 0 spiro atoms. The topological polar surface area (TPSA) is 84.8 Å². The van der Waals surface area contributed by atoms with Crippen molar-refractivity contribution in [1.29, 1.82) is 0 Å². The summed E-state index contributed by atoms with van der Waals surface area (Å²) in [6, 6.07) is 9.99. The lowest BCUT2D eigenvalue weighted by Crippen LogP contribution is -2.18. The molecule has 0 fully saturated rings. The van der Waals surface area contributed by atoms with E-state index in [-0.39, 0.29) is 12.2 Å². The number of hydrogen-bond acceptors (Lipinski definition) is 6. The van der Waals surface area contributed by atoms with E-state index in [0.717, 1.165) is 30.3 Å². The smallest absolute Gasteiger partial charge is 0.303 e. The van der Waals surface area contributed by atoms with E-state index in [2.05, 4.69) is 9.97 Å². The highest BCUT2D eigenvalue weighted by Gasteiger charge is 2.16. The van der Waals surface area contributed by atoms with Crippen LogP contribution in [0.15, 0.2) is 42.7 Å². The number of aliphatic carboxylic acids is 1. The summed E-state index contributed by atoms with van der Waals surface area (Å²) in [6.45, 7) is 3.13. The van der Waals surface area contributed by atoms with E-state index in [1.54, 1.807) is 19.2 Å². The van der Waals surface area contributed by atoms with Crippen LogP contribution in [0.3, 0.4) is 0 Å². The number of methoxy groups -OCH3 is 1. The fourth-order valence-electron chi connectivity index (χ4n) is 3.53. The van der Waals surface area contributed by atoms with Crippen LogP contribution in [0.4, 0.5) is 15.9 Å². The molecule has 0 aliphatic carbocycles. The maximum atomic E-state index is 13.4. The van der Waals surface area contributed by atoms with Crippen LogP contribution in [0.25, 0.3) is 10.9 Å². The number of hydrogen-bond donors (Lipinski definition) is 1. The molecule has 1 aromatic heterocycles. The van der Waals surface area contributed by atoms with Gasteiger partial charge in [0.25, 0.3) is 0 Å². The third-order valence-corrected chi connectivity index (χ3v) is 5.15. The average Bonchev–Trinajstić information content (AvgIpc) is 2.79. The molecular weight excluding hydrogens is 413 g/mol. The van der Waals surface area contributed by atoms with Gasteiger partial charge in [0.15, 0.2) is 11.5 Å². The predicted molar refractivity (Wildman–Crippen MR) is 121 cm³/mol. The summed E-state index contributed by atoms with van der Waals surface area (Å²) in [7, 11) is 1.58. The molecule has 32 heavy (non-hydrogen) atoms. The van der Waals surface area contributed by atoms with Gasteiger partial charge in [0, 0.05) is 30.1 Å². The number of ether oxygens (including phenoxy) is 2. The van der Waals surface area contributed by atoms with Gasteiger partial charge in [-0.1, -0.05) is 12.8 Å². The van der Waals surface area contributed by atoms with Crippen molar-refractivity contribution in [3.8, 4) is 11.5 Å². The molecule has 0 saturated carbocycles. The van der Waals surface area contributed by atoms with Gasteiger partial charge < -0.3 is 19.5 Å². The SMILES string of the molecule is CCN(c1ccc(F)cc1)c1ncnc2cc(OC)c(OCCCCCCC(=O)O)cc12. The highest BCUT2D eigenvalue weighted by molar-refractivity contribution is 5.93. The Balaban J connectivity index is 1.80. The summed E-state index contributed by atoms with van der Waals surface area (Å²) >= 11 is 0. The van der Waals surface area contributed by atoms with Gasteiger partial charge in [-0.15, -0.1) is 0 Å². The summed E-state index contributed by atoms with van der Waals surface area (Å²) in [6.07, 6.45) is 4.93. The highest BCUT2D eigenvalue weighted by atomic mass is 19.1. The minimum atomic E-state index is -0.762. The Hall–Kier alpha value is -3.42. The van der Waals surface area contributed by atoms with Crippen LogP contribution in [0.2, 0.25) is 0 Å². The third kappa shape index (κ3) is 5.84. The lowest BCUT2D eigenvalue weighted by Gasteiger charge is -2.23. The van der Waals surface area contributed by atoms with Crippen LogP contribution in [0.5, 0.6) is 11.5 Å². The average molecular weight is 442 g/mol. The van der Waals surface area contributed by atoms with E-state index in [1.165, 1.54) is 18.5 Å². The van der Waals surface area contributed by atoms with Gasteiger partial charge in [-0.05, 0) is 50.1 Å². The molecule has 8 heteroatoms. The first kappa shape index (κ1) is 23.2. The van der Waals surface area contributed by atoms with Crippen molar-refractivity contribution in [3.05, 3.63) is 48.5 Å². The maximum Gasteiger partial charge on any atom is 0.303 e. The van der Waals surface area contributed by atoms with Crippen LogP contribution >= 0.6 is 0 Å². The van der Waals surface area contributed by atoms with Crippen molar-refractivity contribution in [2.75, 3.05) is 25.2 Å². The molecule has 0 bridgehead atoms. The summed E-state index contributed by atoms with van der Waals surface area (Å²) in [5, 5.41) is 9.51. The fraction of sp³-hybridized carbons (Fsp3) is 0.375. The standard InChI is InChI=1S/C24H28FN3O4/c1-3-28(18-11-9-17(25)10-12-18)24-19-14-22(21(31-2)15-20(19)26-16-27-24)32-13-7-5-4-6-8-23(29)30/h9-12,14-16H,3-8,13H2,1-2H3,(H,29,30). The Bertz CT molecular complexity index is 1040. The second kappa shape index (κ2) is 11.3. The first-order chi connectivity index (χ1) is 15.5. The number of rotatable bonds is 12. The van der Waals surface area contributed by atoms with Crippen molar-refractivity contribution >= 4 is 28.4 Å². The monoisotopic (exact) mass is 441 g/mol. The third-order valence-electron chi connectivity index (χ3n) is 5.15. The van der Waals surface area contributed by atoms with Crippen molar-refractivity contribution in [3.63, 3.8) is 0 Å². The van der Waals surface area contributed by atoms with Gasteiger partial charge in [-0.3, -0.25) is 4.79 Å². The second-order valence-corrected chi connectivity index (χ2v) is 7.34. The van der Waals surface area contributed by atoms with Gasteiger partial charge in [0.2, 0.25) is 0 Å². The number of halogens is 1. The maximum absolute atomic E-state index is 13.4. The Labute approximate surface area is 186 Å². The van der Waals surface area contributed by atoms with Crippen molar-refractivity contribution in [1.82, 2.24) is 9.97 Å². The molecule has 1 heterocycles. The predicted octanol–water partition coefficient (Wildman–Crippen LogP) is 5.35. The van der Waals surface area contributed by atoms with Crippen LogP contribution < -0.4 is 14.4 Å². The second-order valence-electron chi connectivity index (χ2n) is 7.34. The number of nitrogens with zero attached hydrogens (tertiary/aromatic N) is 3. The van der Waals surface area contributed by atoms with E-state index in [9.17, 15) is 9.18 Å². The number of aromatic nitrogens is 2. The number of fused-ring (bicyclic) bond motifs is 1. The minimum Gasteiger partial charge on any atom is -0.493 e. The fourth-order valence-corrected chi connectivity index (χ4v) is 3.53. The summed E-state index contributed by atoms with van der Waals surface area (Å²) in [4.78, 5) is 21.4. The van der Waals surface area contributed by atoms with Crippen LogP contribution in [-0.4, -0.2) is 41.3 Å². The van der Waals surface area contributed by atoms with Gasteiger partial charge in [0.05, 0.1) is 19.2 Å². The lowest BCUT2D eigenvalue weighted by molar-refractivity contribution is -0.137. The van der Waals surface area contributed by atoms with E-state index in [4.69, 9.17) is 14.6 Å². The quantitative estimate of drug-likeness (QED) is 0.379. The lowest BCUT2D eigenvalue weighted by atomic mass is 10.1. The van der Waals surface area contributed by atoms with Crippen molar-refractivity contribution in [2.45, 2.75) is 39.0 Å². The molecule has 1 N–H and O–H groups in total. The first-order valence-corrected chi connectivity index (χ1v) is 10.7. The Kier molecular flexibility index (Phi) is 8.19. The van der Waals surface area contributed by atoms with E-state index in [1.807, 2.05) is 24.0 Å². The van der Waals surface area contributed by atoms with Crippen LogP contribution in [0.1, 0.15) is 39.0 Å². The first-order valence-electron chi connectivity index (χ1n) is 10.7. The molecule has 3 aromatic rings. The summed E-state index contributed by atoms with van der Waals surface area (Å²) in [5.74, 6) is 0.822. The molecule has 170 valence electrons. The zero-order chi connectivity index (χ0) is 22.9. The Morgan fingerprint density at radius 2 is 1.81 bits per heavy atom. The molecule has 0 amide bonds. The zero-order valence-electron chi connectivity index (χ0n) is 18.4. The molecule has 3 rings (SSSR count). The highest BCUT2D eigenvalue weighted by Crippen LogP contribution is 2.37. The van der Waals surface area contributed by atoms with E-state index >= 15 is 0 Å². The molecule has 7 nitrogen and oxygen atoms in total. The number of carbonyl (C=O) groups is 1. The van der Waals surface area contributed by atoms with Gasteiger partial charge in [-0.2, -0.15) is 0 Å². The number of benzene rings is 2. The molecule has 0 aliphatic heterocycles. The zero-order valence-corrected chi connectivity index (χ0v) is 18.4. The van der Waals surface area contributed by atoms with Crippen molar-refractivity contribution in [2.24, 2.45) is 0 Å². The largest absolute Gasteiger partial charge is 0.493 e. The Morgan fingerprint density at radius 1 is 1.06 bits per heavy atom. The Morgan fingerprint density at radius 3 is 2.50 bits per heavy atom. The van der Waals surface area contributed by atoms with E-state index in [0.29, 0.717) is 42.4 Å². The van der Waals surface area contributed by atoms with Crippen molar-refractivity contribution < 1.29 is 23.8 Å². The number of anilines is 2. The molecule has 0 unspecified atom stereocenters. The summed E-state index contributed by atoms with van der Waals surface area (Å²) in [5.41, 5.74) is 1.54. The molecule has 0 saturated heterocycles. The molecule has 2 aromatic carbocycles. The molecular formula is C24H28FN3O4. The van der Waals surface area contributed by atoms with Gasteiger partial charge >= 0.3 is 5.97 Å². The number of carboxylic acids is 1. The number of unbranched alkanes of at least 4 members (excludes halogenated alkanes) is 3. The van der Waals surface area contributed by atoms with Gasteiger partial charge in [0.1, 0.15) is 18.0 Å². The van der Waals surface area contributed by atoms with Crippen LogP contribution in [-0.2, 0) is 4.79 Å². The normalized spacial score (nSPS) is 10.8. The molecule has 0 aliphatic rings. The van der Waals surface area contributed by atoms with E-state index < -0.39 is 5.97 Å². The summed E-state index contributed by atoms with van der Waals surface area (Å²) < 4.78 is 24.9. The molecule has 0 atom stereocenters. The van der Waals surface area contributed by atoms with Gasteiger partial charge in [-0.25, -0.2) is 14.4 Å². The van der Waals surface area contributed by atoms with Crippen LogP contribution in [0, 0.1) is 5.82 Å². The minimum absolute atomic E-state index is 0.199.